The van der Waals surface area contributed by atoms with Gasteiger partial charge in [-0.05, 0) is 25.7 Å². The lowest BCUT2D eigenvalue weighted by molar-refractivity contribution is 0.248. The van der Waals surface area contributed by atoms with Crippen molar-refractivity contribution < 1.29 is 13.5 Å². The second-order valence-corrected chi connectivity index (χ2v) is 6.90. The number of aliphatic hydroxyl groups excluding tert-OH is 1. The second-order valence-electron chi connectivity index (χ2n) is 5.04. The van der Waals surface area contributed by atoms with E-state index in [9.17, 15) is 13.5 Å². The van der Waals surface area contributed by atoms with E-state index in [1.807, 2.05) is 6.92 Å². The minimum atomic E-state index is -3.61. The molecule has 19 heavy (non-hydrogen) atoms. The third-order valence-corrected chi connectivity index (χ3v) is 5.73. The number of aromatic nitrogens is 2. The third-order valence-electron chi connectivity index (χ3n) is 3.82. The van der Waals surface area contributed by atoms with Gasteiger partial charge in [0.05, 0.1) is 6.61 Å². The largest absolute Gasteiger partial charge is 0.392 e. The number of H-pyrrole nitrogens is 1. The molecule has 108 valence electrons. The molecular weight excluding hydrogens is 266 g/mol. The smallest absolute Gasteiger partial charge is 0.262 e. The lowest BCUT2D eigenvalue weighted by atomic mass is 9.85. The number of sulfonamides is 1. The van der Waals surface area contributed by atoms with E-state index in [4.69, 9.17) is 0 Å². The van der Waals surface area contributed by atoms with Crippen LogP contribution in [0.5, 0.6) is 0 Å². The summed E-state index contributed by atoms with van der Waals surface area (Å²) in [7, 11) is -3.61. The van der Waals surface area contributed by atoms with Gasteiger partial charge in [-0.25, -0.2) is 8.42 Å². The zero-order valence-corrected chi connectivity index (χ0v) is 12.2. The first-order chi connectivity index (χ1) is 9.00. The van der Waals surface area contributed by atoms with E-state index in [1.165, 1.54) is 10.7 Å². The molecule has 0 aromatic carbocycles. The van der Waals surface area contributed by atoms with Crippen molar-refractivity contribution in [1.29, 1.82) is 0 Å². The van der Waals surface area contributed by atoms with Gasteiger partial charge in [0.1, 0.15) is 0 Å². The summed E-state index contributed by atoms with van der Waals surface area (Å²) in [4.78, 5) is 0. The molecule has 0 amide bonds. The van der Waals surface area contributed by atoms with Gasteiger partial charge in [-0.15, -0.1) is 0 Å². The summed E-state index contributed by atoms with van der Waals surface area (Å²) in [5.74, 6) is 0.465. The van der Waals surface area contributed by atoms with Gasteiger partial charge in [-0.3, -0.25) is 5.10 Å². The molecule has 0 radical (unpaired) electrons. The van der Waals surface area contributed by atoms with Crippen molar-refractivity contribution in [3.63, 3.8) is 0 Å². The van der Waals surface area contributed by atoms with Gasteiger partial charge in [0.2, 0.25) is 0 Å². The van der Waals surface area contributed by atoms with Crippen LogP contribution in [0.4, 0.5) is 0 Å². The summed E-state index contributed by atoms with van der Waals surface area (Å²) in [6.45, 7) is 4.19. The van der Waals surface area contributed by atoms with Gasteiger partial charge >= 0.3 is 0 Å². The molecule has 0 unspecified atom stereocenters. The summed E-state index contributed by atoms with van der Waals surface area (Å²) in [6.07, 6.45) is 3.38. The predicted octanol–water partition coefficient (Wildman–Crippen LogP) is 1.02. The molecule has 0 atom stereocenters. The first-order valence-electron chi connectivity index (χ1n) is 6.65. The van der Waals surface area contributed by atoms with E-state index < -0.39 is 10.0 Å². The number of nitrogens with one attached hydrogen (secondary N) is 1. The number of aliphatic hydroxyl groups is 1. The number of nitrogens with zero attached hydrogens (tertiary/aromatic N) is 2. The highest BCUT2D eigenvalue weighted by Gasteiger charge is 2.32. The number of rotatable bonds is 6. The Labute approximate surface area is 113 Å². The van der Waals surface area contributed by atoms with Crippen LogP contribution in [0.2, 0.25) is 0 Å². The maximum atomic E-state index is 12.6. The molecule has 2 N–H and O–H groups in total. The molecule has 7 heteroatoms. The fourth-order valence-corrected chi connectivity index (χ4v) is 3.99. The lowest BCUT2D eigenvalue weighted by Gasteiger charge is -2.30. The van der Waals surface area contributed by atoms with E-state index in [0.717, 1.165) is 12.8 Å². The summed E-state index contributed by atoms with van der Waals surface area (Å²) in [5, 5.41) is 15.8. The van der Waals surface area contributed by atoms with Gasteiger partial charge < -0.3 is 5.11 Å². The van der Waals surface area contributed by atoms with Crippen LogP contribution in [0.25, 0.3) is 0 Å². The quantitative estimate of drug-likeness (QED) is 0.818. The Hall–Kier alpha value is -0.920. The van der Waals surface area contributed by atoms with Crippen LogP contribution < -0.4 is 0 Å². The molecule has 1 fully saturated rings. The van der Waals surface area contributed by atoms with Crippen LogP contribution in [0.15, 0.2) is 5.03 Å². The van der Waals surface area contributed by atoms with E-state index in [0.29, 0.717) is 30.3 Å². The van der Waals surface area contributed by atoms with Gasteiger partial charge in [-0.1, -0.05) is 13.3 Å². The molecule has 1 aromatic heterocycles. The SMILES string of the molecule is CCN(CC1CCC1)S(=O)(=O)c1n[nH]c(C)c1CO. The molecule has 0 spiro atoms. The van der Waals surface area contributed by atoms with Crippen LogP contribution in [0.3, 0.4) is 0 Å². The summed E-state index contributed by atoms with van der Waals surface area (Å²) >= 11 is 0. The number of aromatic amines is 1. The van der Waals surface area contributed by atoms with Gasteiger partial charge in [0, 0.05) is 24.3 Å². The molecule has 1 saturated carbocycles. The Morgan fingerprint density at radius 1 is 1.47 bits per heavy atom. The Balaban J connectivity index is 2.27. The predicted molar refractivity (Wildman–Crippen MR) is 71.0 cm³/mol. The molecule has 2 rings (SSSR count). The van der Waals surface area contributed by atoms with Crippen molar-refractivity contribution in [2.75, 3.05) is 13.1 Å². The van der Waals surface area contributed by atoms with Crippen molar-refractivity contribution in [1.82, 2.24) is 14.5 Å². The summed E-state index contributed by atoms with van der Waals surface area (Å²) in [5.41, 5.74) is 0.966. The summed E-state index contributed by atoms with van der Waals surface area (Å²) < 4.78 is 26.6. The van der Waals surface area contributed by atoms with Crippen molar-refractivity contribution in [3.05, 3.63) is 11.3 Å². The van der Waals surface area contributed by atoms with Crippen molar-refractivity contribution in [2.45, 2.75) is 44.7 Å². The first-order valence-corrected chi connectivity index (χ1v) is 8.09. The monoisotopic (exact) mass is 287 g/mol. The maximum Gasteiger partial charge on any atom is 0.262 e. The zero-order valence-electron chi connectivity index (χ0n) is 11.4. The van der Waals surface area contributed by atoms with Crippen LogP contribution in [0, 0.1) is 12.8 Å². The molecule has 1 aromatic rings. The molecule has 1 aliphatic carbocycles. The van der Waals surface area contributed by atoms with Crippen molar-refractivity contribution in [3.8, 4) is 0 Å². The Kier molecular flexibility index (Phi) is 4.27. The normalized spacial score (nSPS) is 16.8. The zero-order chi connectivity index (χ0) is 14.0. The number of hydrogen-bond donors (Lipinski definition) is 2. The van der Waals surface area contributed by atoms with Gasteiger partial charge in [0.25, 0.3) is 10.0 Å². The van der Waals surface area contributed by atoms with Crippen LogP contribution >= 0.6 is 0 Å². The Bertz CT molecular complexity index is 534. The molecule has 0 bridgehead atoms. The van der Waals surface area contributed by atoms with Gasteiger partial charge in [0.15, 0.2) is 5.03 Å². The number of hydrogen-bond acceptors (Lipinski definition) is 4. The average Bonchev–Trinajstić information content (AvgIpc) is 2.69. The second kappa shape index (κ2) is 5.60. The number of aryl methyl sites for hydroxylation is 1. The Morgan fingerprint density at radius 2 is 2.16 bits per heavy atom. The molecule has 1 aliphatic rings. The highest BCUT2D eigenvalue weighted by Crippen LogP contribution is 2.29. The van der Waals surface area contributed by atoms with E-state index in [-0.39, 0.29) is 11.6 Å². The highest BCUT2D eigenvalue weighted by atomic mass is 32.2. The average molecular weight is 287 g/mol. The standard InChI is InChI=1S/C12H21N3O3S/c1-3-15(7-10-5-4-6-10)19(17,18)12-11(8-16)9(2)13-14-12/h10,16H,3-8H2,1-2H3,(H,13,14). The van der Waals surface area contributed by atoms with Crippen molar-refractivity contribution >= 4 is 10.0 Å². The molecule has 1 heterocycles. The lowest BCUT2D eigenvalue weighted by Crippen LogP contribution is -2.37. The molecule has 0 aliphatic heterocycles. The minimum absolute atomic E-state index is 0.0336. The van der Waals surface area contributed by atoms with Crippen LogP contribution in [-0.4, -0.2) is 41.1 Å². The third kappa shape index (κ3) is 2.68. The van der Waals surface area contributed by atoms with Crippen molar-refractivity contribution in [2.24, 2.45) is 5.92 Å². The molecular formula is C12H21N3O3S. The fraction of sp³-hybridized carbons (Fsp3) is 0.750. The Morgan fingerprint density at radius 3 is 2.63 bits per heavy atom. The topological polar surface area (TPSA) is 86.3 Å². The maximum absolute atomic E-state index is 12.6. The summed E-state index contributed by atoms with van der Waals surface area (Å²) in [6, 6.07) is 0. The molecule has 0 saturated heterocycles. The molecule has 6 nitrogen and oxygen atoms in total. The highest BCUT2D eigenvalue weighted by molar-refractivity contribution is 7.89. The fourth-order valence-electron chi connectivity index (χ4n) is 2.31. The minimum Gasteiger partial charge on any atom is -0.392 e. The van der Waals surface area contributed by atoms with Crippen LogP contribution in [-0.2, 0) is 16.6 Å². The van der Waals surface area contributed by atoms with E-state index in [2.05, 4.69) is 10.2 Å². The van der Waals surface area contributed by atoms with E-state index >= 15 is 0 Å². The van der Waals surface area contributed by atoms with Gasteiger partial charge in [-0.2, -0.15) is 9.40 Å². The first kappa shape index (κ1) is 14.5. The van der Waals surface area contributed by atoms with E-state index in [1.54, 1.807) is 6.92 Å². The van der Waals surface area contributed by atoms with Crippen LogP contribution in [0.1, 0.15) is 37.4 Å².